The van der Waals surface area contributed by atoms with Gasteiger partial charge in [-0.05, 0) is 49.1 Å². The number of aromatic nitrogens is 1. The predicted octanol–water partition coefficient (Wildman–Crippen LogP) is 6.90. The van der Waals surface area contributed by atoms with Crippen molar-refractivity contribution in [1.29, 1.82) is 0 Å². The molecule has 0 aliphatic carbocycles. The van der Waals surface area contributed by atoms with Crippen LogP contribution in [0.25, 0.3) is 33.5 Å². The standard InChI is InChI=1S/C38H40Cl2N4O6/c1-22(45)18-43-15-14-23-16-25(17-33(49-2)31(23)21-43)27-6-4-7-28(35(27)39)29-8-5-9-30(36(29)40)32-12-10-24(37(42-32)50-3)19-44(38(47)48)20-26-11-13-34(46)41-26/h4-10,12,16-17,22,26,45H,11,13-15,18-21H2,1-3H3,(H,41,46)(H,47,48)/t22-,26+/m1/s1. The van der Waals surface area contributed by atoms with Crippen LogP contribution in [0.3, 0.4) is 0 Å². The van der Waals surface area contributed by atoms with Crippen LogP contribution in [0.15, 0.2) is 60.7 Å². The number of hydrogen-bond acceptors (Lipinski definition) is 7. The number of amides is 2. The van der Waals surface area contributed by atoms with Crippen molar-refractivity contribution < 1.29 is 29.3 Å². The number of aliphatic hydroxyl groups excluding tert-OH is 1. The zero-order valence-electron chi connectivity index (χ0n) is 28.2. The Morgan fingerprint density at radius 3 is 2.36 bits per heavy atom. The third-order valence-corrected chi connectivity index (χ3v) is 10.1. The van der Waals surface area contributed by atoms with Crippen LogP contribution < -0.4 is 14.8 Å². The molecule has 2 aliphatic rings. The highest BCUT2D eigenvalue weighted by molar-refractivity contribution is 6.39. The Balaban J connectivity index is 1.29. The van der Waals surface area contributed by atoms with Crippen molar-refractivity contribution in [2.45, 2.75) is 51.4 Å². The van der Waals surface area contributed by atoms with E-state index < -0.39 is 12.2 Å². The Hall–Kier alpha value is -4.35. The smallest absolute Gasteiger partial charge is 0.407 e. The zero-order chi connectivity index (χ0) is 35.5. The molecule has 50 heavy (non-hydrogen) atoms. The molecule has 10 nitrogen and oxygen atoms in total. The van der Waals surface area contributed by atoms with Gasteiger partial charge in [0.25, 0.3) is 0 Å². The molecule has 0 spiro atoms. The van der Waals surface area contributed by atoms with Crippen molar-refractivity contribution in [2.75, 3.05) is 33.9 Å². The number of ether oxygens (including phenoxy) is 2. The van der Waals surface area contributed by atoms with Gasteiger partial charge in [-0.3, -0.25) is 9.69 Å². The van der Waals surface area contributed by atoms with Crippen molar-refractivity contribution in [3.05, 3.63) is 87.4 Å². The number of nitrogens with zero attached hydrogens (tertiary/aromatic N) is 3. The number of benzene rings is 3. The van der Waals surface area contributed by atoms with Gasteiger partial charge in [-0.2, -0.15) is 0 Å². The van der Waals surface area contributed by atoms with Crippen molar-refractivity contribution in [2.24, 2.45) is 0 Å². The van der Waals surface area contributed by atoms with E-state index in [1.165, 1.54) is 17.6 Å². The van der Waals surface area contributed by atoms with Crippen LogP contribution in [0.1, 0.15) is 36.5 Å². The molecule has 2 atom stereocenters. The molecule has 3 N–H and O–H groups in total. The van der Waals surface area contributed by atoms with E-state index in [1.54, 1.807) is 26.2 Å². The van der Waals surface area contributed by atoms with Gasteiger partial charge in [0.15, 0.2) is 0 Å². The monoisotopic (exact) mass is 718 g/mol. The van der Waals surface area contributed by atoms with Crippen LogP contribution in [0.2, 0.25) is 10.0 Å². The van der Waals surface area contributed by atoms with Gasteiger partial charge in [-0.25, -0.2) is 9.78 Å². The number of rotatable bonds is 11. The Bertz CT molecular complexity index is 1900. The van der Waals surface area contributed by atoms with E-state index in [0.29, 0.717) is 52.8 Å². The summed E-state index contributed by atoms with van der Waals surface area (Å²) >= 11 is 14.3. The Morgan fingerprint density at radius 1 is 1.02 bits per heavy atom. The minimum absolute atomic E-state index is 0.0436. The van der Waals surface area contributed by atoms with Crippen LogP contribution in [0.5, 0.6) is 11.6 Å². The number of aliphatic hydroxyl groups is 1. The first-order valence-electron chi connectivity index (χ1n) is 16.6. The number of hydrogen-bond donors (Lipinski definition) is 3. The number of methoxy groups -OCH3 is 2. The maximum atomic E-state index is 12.1. The van der Waals surface area contributed by atoms with Gasteiger partial charge in [-0.1, -0.05) is 65.7 Å². The molecule has 2 amide bonds. The largest absolute Gasteiger partial charge is 0.496 e. The Morgan fingerprint density at radius 2 is 1.72 bits per heavy atom. The number of carbonyl (C=O) groups is 2. The van der Waals surface area contributed by atoms with E-state index in [1.807, 2.05) is 42.5 Å². The minimum Gasteiger partial charge on any atom is -0.496 e. The van der Waals surface area contributed by atoms with Gasteiger partial charge < -0.3 is 29.9 Å². The summed E-state index contributed by atoms with van der Waals surface area (Å²) in [5.41, 5.74) is 7.41. The van der Waals surface area contributed by atoms with Crippen molar-refractivity contribution in [3.8, 4) is 45.1 Å². The fraction of sp³-hybridized carbons (Fsp3) is 0.342. The fourth-order valence-corrected chi connectivity index (χ4v) is 7.53. The average Bonchev–Trinajstić information content (AvgIpc) is 3.52. The third kappa shape index (κ3) is 7.54. The second-order valence-electron chi connectivity index (χ2n) is 12.8. The summed E-state index contributed by atoms with van der Waals surface area (Å²) in [6.07, 6.45) is 0.311. The topological polar surface area (TPSA) is 124 Å². The second-order valence-corrected chi connectivity index (χ2v) is 13.6. The predicted molar refractivity (Wildman–Crippen MR) is 194 cm³/mol. The van der Waals surface area contributed by atoms with Crippen LogP contribution in [0, 0.1) is 0 Å². The highest BCUT2D eigenvalue weighted by Crippen LogP contribution is 2.44. The van der Waals surface area contributed by atoms with Crippen LogP contribution >= 0.6 is 23.2 Å². The van der Waals surface area contributed by atoms with Crippen LogP contribution in [-0.2, 0) is 24.3 Å². The summed E-state index contributed by atoms with van der Waals surface area (Å²) in [5, 5.41) is 23.6. The summed E-state index contributed by atoms with van der Waals surface area (Å²) in [7, 11) is 3.16. The molecular formula is C38H40Cl2N4O6. The van der Waals surface area contributed by atoms with E-state index in [0.717, 1.165) is 46.5 Å². The highest BCUT2D eigenvalue weighted by atomic mass is 35.5. The van der Waals surface area contributed by atoms with Gasteiger partial charge in [0.1, 0.15) is 5.75 Å². The number of β-amino-alcohol motifs (C(OH)–C–C–N with tert-alkyl or cyclic N) is 1. The lowest BCUT2D eigenvalue weighted by atomic mass is 9.91. The molecule has 4 aromatic rings. The fourth-order valence-electron chi connectivity index (χ4n) is 6.87. The Kier molecular flexibility index (Phi) is 10.8. The first-order chi connectivity index (χ1) is 24.1. The maximum absolute atomic E-state index is 12.1. The first-order valence-corrected chi connectivity index (χ1v) is 17.3. The molecule has 3 aromatic carbocycles. The normalized spacial score (nSPS) is 16.4. The lowest BCUT2D eigenvalue weighted by Gasteiger charge is -2.31. The summed E-state index contributed by atoms with van der Waals surface area (Å²) in [5.74, 6) is 0.993. The van der Waals surface area contributed by atoms with Crippen molar-refractivity contribution in [1.82, 2.24) is 20.1 Å². The molecule has 1 aromatic heterocycles. The van der Waals surface area contributed by atoms with Gasteiger partial charge in [-0.15, -0.1) is 0 Å². The SMILES string of the molecule is COc1cc(-c2cccc(-c3cccc(-c4ccc(CN(C[C@@H]5CCC(=O)N5)C(=O)O)c(OC)n4)c3Cl)c2Cl)cc2c1CN(C[C@@H](C)O)CC2. The van der Waals surface area contributed by atoms with Crippen LogP contribution in [0.4, 0.5) is 4.79 Å². The number of carbonyl (C=O) groups excluding carboxylic acids is 1. The number of nitrogens with one attached hydrogen (secondary N) is 1. The van der Waals surface area contributed by atoms with Crippen LogP contribution in [-0.4, -0.2) is 83.0 Å². The number of fused-ring (bicyclic) bond motifs is 1. The second kappa shape index (κ2) is 15.3. The molecule has 1 saturated heterocycles. The van der Waals surface area contributed by atoms with Gasteiger partial charge in [0, 0.05) is 72.0 Å². The molecule has 2 aliphatic heterocycles. The molecule has 0 radical (unpaired) electrons. The summed E-state index contributed by atoms with van der Waals surface area (Å²) in [6, 6.07) is 19.1. The molecule has 262 valence electrons. The Labute approximate surface area is 301 Å². The summed E-state index contributed by atoms with van der Waals surface area (Å²) < 4.78 is 11.4. The minimum atomic E-state index is -1.10. The van der Waals surface area contributed by atoms with Crippen molar-refractivity contribution in [3.63, 3.8) is 0 Å². The van der Waals surface area contributed by atoms with Gasteiger partial charge in [0.05, 0.1) is 42.6 Å². The molecule has 0 saturated carbocycles. The molecule has 6 rings (SSSR count). The molecule has 0 bridgehead atoms. The zero-order valence-corrected chi connectivity index (χ0v) is 29.7. The van der Waals surface area contributed by atoms with Crippen molar-refractivity contribution >= 4 is 35.2 Å². The molecule has 12 heteroatoms. The van der Waals surface area contributed by atoms with E-state index in [9.17, 15) is 19.8 Å². The summed E-state index contributed by atoms with van der Waals surface area (Å²) in [4.78, 5) is 31.9. The quantitative estimate of drug-likeness (QED) is 0.153. The van der Waals surface area contributed by atoms with Gasteiger partial charge in [0.2, 0.25) is 11.8 Å². The lowest BCUT2D eigenvalue weighted by molar-refractivity contribution is -0.119. The highest BCUT2D eigenvalue weighted by Gasteiger charge is 2.27. The maximum Gasteiger partial charge on any atom is 0.407 e. The van der Waals surface area contributed by atoms with E-state index >= 15 is 0 Å². The lowest BCUT2D eigenvalue weighted by Crippen LogP contribution is -2.41. The molecule has 3 heterocycles. The van der Waals surface area contributed by atoms with E-state index in [4.69, 9.17) is 37.7 Å². The molecular weight excluding hydrogens is 679 g/mol. The summed E-state index contributed by atoms with van der Waals surface area (Å²) in [6.45, 7) is 4.17. The molecule has 1 fully saturated rings. The third-order valence-electron chi connectivity index (χ3n) is 9.29. The van der Waals surface area contributed by atoms with Gasteiger partial charge >= 0.3 is 6.09 Å². The van der Waals surface area contributed by atoms with E-state index in [2.05, 4.69) is 16.3 Å². The number of pyridine rings is 1. The van der Waals surface area contributed by atoms with E-state index in [-0.39, 0.29) is 30.9 Å². The number of carboxylic acid groups (broad SMARTS) is 1. The number of halogens is 2. The first kappa shape index (κ1) is 35.5. The molecule has 0 unspecified atom stereocenters. The average molecular weight is 720 g/mol.